The van der Waals surface area contributed by atoms with Gasteiger partial charge in [-0.15, -0.1) is 0 Å². The second-order valence-electron chi connectivity index (χ2n) is 16.7. The number of nitrogens with zero attached hydrogens (tertiary/aromatic N) is 1. The number of esters is 1. The van der Waals surface area contributed by atoms with E-state index in [1.54, 1.807) is 36.4 Å². The molecule has 0 saturated heterocycles. The van der Waals surface area contributed by atoms with Gasteiger partial charge in [0.15, 0.2) is 5.78 Å². The summed E-state index contributed by atoms with van der Waals surface area (Å²) in [4.78, 5) is 56.9. The average molecular weight is 804 g/mol. The lowest BCUT2D eigenvalue weighted by atomic mass is 9.72. The van der Waals surface area contributed by atoms with E-state index in [2.05, 4.69) is 34.9 Å². The molecule has 302 valence electrons. The van der Waals surface area contributed by atoms with Crippen molar-refractivity contribution in [1.82, 2.24) is 10.6 Å². The number of carbonyl (C=O) groups excluding carboxylic acids is 4. The maximum atomic E-state index is 13.2. The van der Waals surface area contributed by atoms with Crippen LogP contribution in [0, 0.1) is 10.8 Å². The third kappa shape index (κ3) is 10.6. The Balaban J connectivity index is 1.02. The molecule has 0 aliphatic heterocycles. The highest BCUT2D eigenvalue weighted by Gasteiger charge is 2.38. The summed E-state index contributed by atoms with van der Waals surface area (Å²) >= 11 is 6.09. The fourth-order valence-corrected chi connectivity index (χ4v) is 7.67. The second kappa shape index (κ2) is 17.8. The maximum Gasteiger partial charge on any atom is 0.407 e. The molecule has 10 nitrogen and oxygen atoms in total. The van der Waals surface area contributed by atoms with Crippen LogP contribution in [0.25, 0.3) is 11.1 Å². The number of amides is 2. The Kier molecular flexibility index (Phi) is 12.9. The molecule has 11 heteroatoms. The number of fused-ring (bicyclic) bond motifs is 3. The molecule has 0 fully saturated rings. The Hall–Kier alpha value is -5.74. The lowest BCUT2D eigenvalue weighted by molar-refractivity contribution is -0.134. The Morgan fingerprint density at radius 2 is 1.52 bits per heavy atom. The largest absolute Gasteiger partial charge is 0.511 e. The van der Waals surface area contributed by atoms with E-state index < -0.39 is 23.5 Å². The van der Waals surface area contributed by atoms with Gasteiger partial charge in [0, 0.05) is 48.2 Å². The highest BCUT2D eigenvalue weighted by atomic mass is 35.5. The normalized spacial score (nSPS) is 15.6. The zero-order valence-electron chi connectivity index (χ0n) is 33.6. The molecule has 2 amide bonds. The quantitative estimate of drug-likeness (QED) is 0.0694. The first-order valence-corrected chi connectivity index (χ1v) is 19.9. The molecule has 0 unspecified atom stereocenters. The molecule has 0 bridgehead atoms. The van der Waals surface area contributed by atoms with Crippen LogP contribution in [0.15, 0.2) is 113 Å². The van der Waals surface area contributed by atoms with Crippen LogP contribution in [-0.2, 0) is 25.5 Å². The van der Waals surface area contributed by atoms with E-state index in [-0.39, 0.29) is 60.3 Å². The molecule has 0 spiro atoms. The predicted molar refractivity (Wildman–Crippen MR) is 226 cm³/mol. The van der Waals surface area contributed by atoms with Crippen LogP contribution < -0.4 is 15.4 Å². The second-order valence-corrected chi connectivity index (χ2v) is 17.2. The first-order chi connectivity index (χ1) is 27.6. The van der Waals surface area contributed by atoms with E-state index in [0.717, 1.165) is 27.8 Å². The zero-order chi connectivity index (χ0) is 41.6. The summed E-state index contributed by atoms with van der Waals surface area (Å²) in [6, 6.07) is 29.3. The van der Waals surface area contributed by atoms with Gasteiger partial charge in [0.2, 0.25) is 5.91 Å². The topological polar surface area (TPSA) is 143 Å². The van der Waals surface area contributed by atoms with Gasteiger partial charge in [-0.3, -0.25) is 19.4 Å². The van der Waals surface area contributed by atoms with Gasteiger partial charge in [-0.2, -0.15) is 0 Å². The summed E-state index contributed by atoms with van der Waals surface area (Å²) in [5.41, 5.74) is 5.77. The molecule has 3 N–H and O–H groups in total. The number of carbonyl (C=O) groups is 4. The summed E-state index contributed by atoms with van der Waals surface area (Å²) in [6.45, 7) is 9.89. The number of nitrogens with one attached hydrogen (secondary N) is 2. The summed E-state index contributed by atoms with van der Waals surface area (Å²) < 4.78 is 11.3. The number of hydrogen-bond acceptors (Lipinski definition) is 8. The lowest BCUT2D eigenvalue weighted by Crippen LogP contribution is -2.41. The molecule has 0 heterocycles. The number of allylic oxidation sites excluding steroid dienone is 2. The van der Waals surface area contributed by atoms with Crippen LogP contribution in [0.2, 0.25) is 5.02 Å². The van der Waals surface area contributed by atoms with Crippen molar-refractivity contribution in [3.8, 4) is 16.9 Å². The Bertz CT molecular complexity index is 2190. The summed E-state index contributed by atoms with van der Waals surface area (Å²) in [6.07, 6.45) is 0.276. The number of benzene rings is 4. The van der Waals surface area contributed by atoms with Gasteiger partial charge in [-0.25, -0.2) is 4.79 Å². The minimum absolute atomic E-state index is 0.0248. The van der Waals surface area contributed by atoms with Crippen molar-refractivity contribution in [3.05, 3.63) is 130 Å². The van der Waals surface area contributed by atoms with Crippen molar-refractivity contribution in [2.75, 3.05) is 13.2 Å². The van der Waals surface area contributed by atoms with Crippen LogP contribution in [0.5, 0.6) is 5.75 Å². The summed E-state index contributed by atoms with van der Waals surface area (Å²) in [5.74, 6) is -0.806. The van der Waals surface area contributed by atoms with Crippen molar-refractivity contribution >= 4 is 46.8 Å². The number of aliphatic hydroxyl groups excluding tert-OH is 1. The molecule has 2 aliphatic carbocycles. The molecule has 0 aromatic heterocycles. The Labute approximate surface area is 344 Å². The number of ketones is 1. The van der Waals surface area contributed by atoms with Crippen LogP contribution in [0.4, 0.5) is 10.5 Å². The van der Waals surface area contributed by atoms with E-state index in [4.69, 9.17) is 26.1 Å². The van der Waals surface area contributed by atoms with Crippen molar-refractivity contribution in [3.63, 3.8) is 0 Å². The number of rotatable bonds is 13. The van der Waals surface area contributed by atoms with Crippen molar-refractivity contribution in [2.24, 2.45) is 15.8 Å². The fraction of sp³-hybridized carbons (Fsp3) is 0.340. The number of alkyl carbamates (subject to hydrolysis) is 1. The van der Waals surface area contributed by atoms with Gasteiger partial charge < -0.3 is 25.2 Å². The van der Waals surface area contributed by atoms with Crippen LogP contribution in [0.1, 0.15) is 82.9 Å². The standard InChI is InChI=1S/C47H50ClN3O7/c1-46(2,3)44(43-39(52)26-47(4,5)27-40(43)53)50-31-18-20-33(21-19-31)58-42(55)22-23-49-41(54)25-32(24-29-14-16-30(48)17-15-29)51-45(56)57-28-38-36-12-8-6-10-34(36)35-11-7-9-13-37(35)38/h6-21,32,38,52H,22-28H2,1-5H3,(H,49,54)(H,51,56)/t32-/m0/s1. The number of ether oxygens (including phenoxy) is 2. The SMILES string of the molecule is CC1(C)CC(=O)C(C(=Nc2ccc(OC(=O)CCNC(=O)C[C@H](Cc3ccc(Cl)cc3)NC(=O)OCC3c4ccccc4-c4ccccc43)cc2)C(C)(C)C)=C(O)C1. The first-order valence-electron chi connectivity index (χ1n) is 19.5. The third-order valence-electron chi connectivity index (χ3n) is 10.3. The van der Waals surface area contributed by atoms with Crippen LogP contribution in [-0.4, -0.2) is 53.8 Å². The minimum atomic E-state index is -0.634. The predicted octanol–water partition coefficient (Wildman–Crippen LogP) is 9.61. The molecule has 4 aromatic carbocycles. The van der Waals surface area contributed by atoms with E-state index in [0.29, 0.717) is 41.4 Å². The number of aliphatic imine (C=N–C) groups is 1. The van der Waals surface area contributed by atoms with E-state index in [1.165, 1.54) is 0 Å². The number of Topliss-reactive ketones (excluding diaryl/α,β-unsaturated/α-hetero) is 1. The van der Waals surface area contributed by atoms with Gasteiger partial charge in [0.05, 0.1) is 23.4 Å². The summed E-state index contributed by atoms with van der Waals surface area (Å²) in [5, 5.41) is 17.1. The molecular formula is C47H50ClN3O7. The van der Waals surface area contributed by atoms with E-state index in [9.17, 15) is 24.3 Å². The highest BCUT2D eigenvalue weighted by Crippen LogP contribution is 2.44. The minimum Gasteiger partial charge on any atom is -0.511 e. The Morgan fingerprint density at radius 3 is 2.12 bits per heavy atom. The van der Waals surface area contributed by atoms with Gasteiger partial charge in [0.25, 0.3) is 0 Å². The zero-order valence-corrected chi connectivity index (χ0v) is 34.3. The molecule has 0 radical (unpaired) electrons. The van der Waals surface area contributed by atoms with E-state index in [1.807, 2.05) is 71.0 Å². The van der Waals surface area contributed by atoms with Gasteiger partial charge in [-0.05, 0) is 76.1 Å². The van der Waals surface area contributed by atoms with Crippen molar-refractivity contribution in [1.29, 1.82) is 0 Å². The fourth-order valence-electron chi connectivity index (χ4n) is 7.54. The lowest BCUT2D eigenvalue weighted by Gasteiger charge is -2.33. The highest BCUT2D eigenvalue weighted by molar-refractivity contribution is 6.30. The average Bonchev–Trinajstić information content (AvgIpc) is 3.47. The molecule has 6 rings (SSSR count). The van der Waals surface area contributed by atoms with Gasteiger partial charge in [0.1, 0.15) is 18.1 Å². The maximum absolute atomic E-state index is 13.2. The Morgan fingerprint density at radius 1 is 0.897 bits per heavy atom. The number of aliphatic hydroxyl groups is 1. The third-order valence-corrected chi connectivity index (χ3v) is 10.5. The van der Waals surface area contributed by atoms with Gasteiger partial charge in [-0.1, -0.05) is 107 Å². The molecular weight excluding hydrogens is 754 g/mol. The number of hydrogen-bond donors (Lipinski definition) is 3. The molecule has 4 aromatic rings. The summed E-state index contributed by atoms with van der Waals surface area (Å²) in [7, 11) is 0. The molecule has 2 aliphatic rings. The smallest absolute Gasteiger partial charge is 0.407 e. The van der Waals surface area contributed by atoms with Crippen LogP contribution in [0.3, 0.4) is 0 Å². The van der Waals surface area contributed by atoms with Crippen molar-refractivity contribution in [2.45, 2.75) is 78.7 Å². The first kappa shape index (κ1) is 41.9. The monoisotopic (exact) mass is 803 g/mol. The van der Waals surface area contributed by atoms with Crippen molar-refractivity contribution < 1.29 is 33.8 Å². The molecule has 58 heavy (non-hydrogen) atoms. The van der Waals surface area contributed by atoms with E-state index >= 15 is 0 Å². The number of halogens is 1. The van der Waals surface area contributed by atoms with Crippen LogP contribution >= 0.6 is 11.6 Å². The molecule has 0 saturated carbocycles. The van der Waals surface area contributed by atoms with Gasteiger partial charge >= 0.3 is 12.1 Å². The molecule has 1 atom stereocenters.